The van der Waals surface area contributed by atoms with Gasteiger partial charge in [0.1, 0.15) is 0 Å². The van der Waals surface area contributed by atoms with Gasteiger partial charge in [-0.25, -0.2) is 8.42 Å². The molecule has 1 fully saturated rings. The molecule has 0 atom stereocenters. The Hall–Kier alpha value is -0.620. The predicted octanol–water partition coefficient (Wildman–Crippen LogP) is 3.04. The number of aryl methyl sites for hydroxylation is 3. The summed E-state index contributed by atoms with van der Waals surface area (Å²) in [7, 11) is -3.37. The molecule has 0 bridgehead atoms. The van der Waals surface area contributed by atoms with Crippen molar-refractivity contribution in [1.29, 1.82) is 0 Å². The zero-order chi connectivity index (χ0) is 16.3. The first kappa shape index (κ1) is 20.4. The highest BCUT2D eigenvalue weighted by Gasteiger charge is 2.31. The monoisotopic (exact) mass is 360 g/mol. The van der Waals surface area contributed by atoms with E-state index in [1.165, 1.54) is 0 Å². The lowest BCUT2D eigenvalue weighted by Gasteiger charge is -2.32. The van der Waals surface area contributed by atoms with Crippen LogP contribution in [0.2, 0.25) is 0 Å². The zero-order valence-electron chi connectivity index (χ0n) is 14.6. The van der Waals surface area contributed by atoms with E-state index in [-0.39, 0.29) is 12.4 Å². The first-order chi connectivity index (χ1) is 10.4. The van der Waals surface area contributed by atoms with Gasteiger partial charge in [0.25, 0.3) is 0 Å². The maximum Gasteiger partial charge on any atom is 0.243 e. The molecule has 0 amide bonds. The van der Waals surface area contributed by atoms with Crippen LogP contribution in [0.5, 0.6) is 0 Å². The SMILES string of the molecule is CCNCC1CCN(S(=O)(=O)c2c(C)cc(C)cc2C)CC1.Cl. The Labute approximate surface area is 147 Å². The summed E-state index contributed by atoms with van der Waals surface area (Å²) < 4.78 is 27.6. The number of nitrogens with zero attached hydrogens (tertiary/aromatic N) is 1. The lowest BCUT2D eigenvalue weighted by atomic mass is 9.98. The zero-order valence-corrected chi connectivity index (χ0v) is 16.2. The van der Waals surface area contributed by atoms with Crippen LogP contribution in [-0.2, 0) is 10.0 Å². The predicted molar refractivity (Wildman–Crippen MR) is 97.9 cm³/mol. The minimum Gasteiger partial charge on any atom is -0.317 e. The second-order valence-electron chi connectivity index (χ2n) is 6.38. The maximum atomic E-state index is 13.0. The molecule has 1 heterocycles. The van der Waals surface area contributed by atoms with Crippen LogP contribution in [0.15, 0.2) is 17.0 Å². The van der Waals surface area contributed by atoms with Gasteiger partial charge in [-0.1, -0.05) is 24.6 Å². The van der Waals surface area contributed by atoms with Gasteiger partial charge in [0.2, 0.25) is 10.0 Å². The molecule has 0 saturated carbocycles. The van der Waals surface area contributed by atoms with E-state index < -0.39 is 10.0 Å². The van der Waals surface area contributed by atoms with Gasteiger partial charge in [0.15, 0.2) is 0 Å². The van der Waals surface area contributed by atoms with Gasteiger partial charge in [-0.2, -0.15) is 4.31 Å². The number of halogens is 1. The van der Waals surface area contributed by atoms with Crippen LogP contribution in [0.3, 0.4) is 0 Å². The second-order valence-corrected chi connectivity index (χ2v) is 8.26. The average Bonchev–Trinajstić information content (AvgIpc) is 2.44. The number of sulfonamides is 1. The van der Waals surface area contributed by atoms with Gasteiger partial charge in [-0.15, -0.1) is 12.4 Å². The summed E-state index contributed by atoms with van der Waals surface area (Å²) in [6.07, 6.45) is 1.88. The molecule has 1 N–H and O–H groups in total. The van der Waals surface area contributed by atoms with Crippen molar-refractivity contribution in [1.82, 2.24) is 9.62 Å². The van der Waals surface area contributed by atoms with Crippen LogP contribution in [0.25, 0.3) is 0 Å². The van der Waals surface area contributed by atoms with E-state index in [2.05, 4.69) is 12.2 Å². The highest BCUT2D eigenvalue weighted by Crippen LogP contribution is 2.28. The van der Waals surface area contributed by atoms with Crippen LogP contribution >= 0.6 is 12.4 Å². The van der Waals surface area contributed by atoms with E-state index in [0.29, 0.717) is 23.9 Å². The Kier molecular flexibility index (Phi) is 7.52. The Balaban J connectivity index is 0.00000264. The van der Waals surface area contributed by atoms with Crippen molar-refractivity contribution >= 4 is 22.4 Å². The van der Waals surface area contributed by atoms with E-state index in [4.69, 9.17) is 0 Å². The molecule has 0 spiro atoms. The first-order valence-electron chi connectivity index (χ1n) is 8.15. The Morgan fingerprint density at radius 1 is 1.13 bits per heavy atom. The number of benzene rings is 1. The van der Waals surface area contributed by atoms with Crippen molar-refractivity contribution in [2.45, 2.75) is 45.4 Å². The normalized spacial score (nSPS) is 17.0. The molecular formula is C17H29ClN2O2S. The minimum absolute atomic E-state index is 0. The number of hydrogen-bond acceptors (Lipinski definition) is 3. The first-order valence-corrected chi connectivity index (χ1v) is 9.59. The molecule has 1 saturated heterocycles. The number of piperidine rings is 1. The van der Waals surface area contributed by atoms with Gasteiger partial charge >= 0.3 is 0 Å². The van der Waals surface area contributed by atoms with Crippen LogP contribution in [0.4, 0.5) is 0 Å². The third kappa shape index (κ3) is 4.69. The van der Waals surface area contributed by atoms with Crippen molar-refractivity contribution in [2.75, 3.05) is 26.2 Å². The Morgan fingerprint density at radius 3 is 2.13 bits per heavy atom. The second kappa shape index (κ2) is 8.47. The lowest BCUT2D eigenvalue weighted by molar-refractivity contribution is 0.268. The van der Waals surface area contributed by atoms with Crippen molar-refractivity contribution in [3.63, 3.8) is 0 Å². The smallest absolute Gasteiger partial charge is 0.243 e. The molecule has 0 radical (unpaired) electrons. The molecule has 1 aliphatic heterocycles. The minimum atomic E-state index is -3.37. The van der Waals surface area contributed by atoms with E-state index >= 15 is 0 Å². The molecule has 2 rings (SSSR count). The fraction of sp³-hybridized carbons (Fsp3) is 0.647. The summed E-state index contributed by atoms with van der Waals surface area (Å²) in [5.74, 6) is 0.589. The van der Waals surface area contributed by atoms with Gasteiger partial charge < -0.3 is 5.32 Å². The van der Waals surface area contributed by atoms with Gasteiger partial charge in [0.05, 0.1) is 4.90 Å². The molecule has 4 nitrogen and oxygen atoms in total. The molecular weight excluding hydrogens is 332 g/mol. The molecule has 0 aromatic heterocycles. The number of rotatable bonds is 5. The van der Waals surface area contributed by atoms with Gasteiger partial charge in [0, 0.05) is 13.1 Å². The van der Waals surface area contributed by atoms with Crippen molar-refractivity contribution < 1.29 is 8.42 Å². The van der Waals surface area contributed by atoms with Crippen molar-refractivity contribution in [3.8, 4) is 0 Å². The van der Waals surface area contributed by atoms with Crippen molar-refractivity contribution in [3.05, 3.63) is 28.8 Å². The Morgan fingerprint density at radius 2 is 1.65 bits per heavy atom. The fourth-order valence-corrected chi connectivity index (χ4v) is 5.29. The Bertz CT molecular complexity index is 600. The molecule has 0 aliphatic carbocycles. The number of nitrogens with one attached hydrogen (secondary N) is 1. The third-order valence-electron chi connectivity index (χ3n) is 4.46. The van der Waals surface area contributed by atoms with Crippen LogP contribution in [0, 0.1) is 26.7 Å². The van der Waals surface area contributed by atoms with Crippen LogP contribution in [0.1, 0.15) is 36.5 Å². The largest absolute Gasteiger partial charge is 0.317 e. The topological polar surface area (TPSA) is 49.4 Å². The highest BCUT2D eigenvalue weighted by molar-refractivity contribution is 7.89. The van der Waals surface area contributed by atoms with E-state index in [0.717, 1.165) is 42.6 Å². The highest BCUT2D eigenvalue weighted by atomic mass is 35.5. The fourth-order valence-electron chi connectivity index (χ4n) is 3.40. The third-order valence-corrected chi connectivity index (χ3v) is 6.66. The average molecular weight is 361 g/mol. The van der Waals surface area contributed by atoms with Gasteiger partial charge in [-0.3, -0.25) is 0 Å². The van der Waals surface area contributed by atoms with Crippen LogP contribution < -0.4 is 5.32 Å². The molecule has 132 valence electrons. The van der Waals surface area contributed by atoms with E-state index in [1.54, 1.807) is 4.31 Å². The quantitative estimate of drug-likeness (QED) is 0.878. The van der Waals surface area contributed by atoms with Crippen LogP contribution in [-0.4, -0.2) is 38.9 Å². The summed E-state index contributed by atoms with van der Waals surface area (Å²) in [4.78, 5) is 0.503. The molecule has 1 aromatic rings. The molecule has 0 unspecified atom stereocenters. The molecule has 6 heteroatoms. The lowest BCUT2D eigenvalue weighted by Crippen LogP contribution is -2.41. The standard InChI is InChI=1S/C17H28N2O2S.ClH/c1-5-18-12-16-6-8-19(9-7-16)22(20,21)17-14(3)10-13(2)11-15(17)4;/h10-11,16,18H,5-9,12H2,1-4H3;1H. The summed E-state index contributed by atoms with van der Waals surface area (Å²) >= 11 is 0. The summed E-state index contributed by atoms with van der Waals surface area (Å²) in [5.41, 5.74) is 2.82. The molecule has 1 aromatic carbocycles. The maximum absolute atomic E-state index is 13.0. The summed E-state index contributed by atoms with van der Waals surface area (Å²) in [5, 5.41) is 3.36. The summed E-state index contributed by atoms with van der Waals surface area (Å²) in [6.45, 7) is 11.1. The summed E-state index contributed by atoms with van der Waals surface area (Å²) in [6, 6.07) is 3.91. The molecule has 1 aliphatic rings. The van der Waals surface area contributed by atoms with Crippen molar-refractivity contribution in [2.24, 2.45) is 5.92 Å². The molecule has 23 heavy (non-hydrogen) atoms. The number of hydrogen-bond donors (Lipinski definition) is 1. The van der Waals surface area contributed by atoms with Gasteiger partial charge in [-0.05, 0) is 63.7 Å². The van der Waals surface area contributed by atoms with E-state index in [9.17, 15) is 8.42 Å². The van der Waals surface area contributed by atoms with E-state index in [1.807, 2.05) is 32.9 Å².